The number of aryl methyl sites for hydroxylation is 1. The van der Waals surface area contributed by atoms with Crippen LogP contribution in [0.25, 0.3) is 0 Å². The fraction of sp³-hybridized carbons (Fsp3) is 0.296. The number of halogens is 1. The molecule has 1 atom stereocenters. The number of rotatable bonds is 7. The maximum atomic E-state index is 13.5. The predicted molar refractivity (Wildman–Crippen MR) is 142 cm³/mol. The molecule has 0 saturated carbocycles. The highest BCUT2D eigenvalue weighted by molar-refractivity contribution is 9.10. The molecule has 0 aliphatic heterocycles. The summed E-state index contributed by atoms with van der Waals surface area (Å²) in [6, 6.07) is 21.3. The molecule has 0 radical (unpaired) electrons. The lowest BCUT2D eigenvalue weighted by Gasteiger charge is -2.25. The zero-order chi connectivity index (χ0) is 25.1. The molecule has 3 aromatic rings. The van der Waals surface area contributed by atoms with Crippen LogP contribution in [0.3, 0.4) is 0 Å². The molecule has 3 rings (SSSR count). The maximum absolute atomic E-state index is 13.5. The van der Waals surface area contributed by atoms with E-state index < -0.39 is 10.0 Å². The molecule has 180 valence electrons. The smallest absolute Gasteiger partial charge is 0.264 e. The summed E-state index contributed by atoms with van der Waals surface area (Å²) < 4.78 is 28.9. The third kappa shape index (κ3) is 6.27. The summed E-state index contributed by atoms with van der Waals surface area (Å²) in [4.78, 5) is 13.1. The van der Waals surface area contributed by atoms with E-state index in [2.05, 4.69) is 54.2 Å². The van der Waals surface area contributed by atoms with Crippen LogP contribution in [-0.4, -0.2) is 20.9 Å². The summed E-state index contributed by atoms with van der Waals surface area (Å²) in [6.07, 6.45) is 0. The van der Waals surface area contributed by atoms with E-state index in [0.717, 1.165) is 19.9 Å². The molecule has 0 saturated heterocycles. The van der Waals surface area contributed by atoms with Crippen LogP contribution in [0.1, 0.15) is 50.4 Å². The number of nitrogens with zero attached hydrogens (tertiary/aromatic N) is 1. The van der Waals surface area contributed by atoms with E-state index in [1.807, 2.05) is 26.0 Å². The van der Waals surface area contributed by atoms with Gasteiger partial charge in [0.25, 0.3) is 10.0 Å². The monoisotopic (exact) mass is 542 g/mol. The number of benzene rings is 3. The average Bonchev–Trinajstić information content (AvgIpc) is 2.78. The molecular formula is C27H31BrN2O3S. The minimum absolute atomic E-state index is 0.0422. The van der Waals surface area contributed by atoms with Crippen molar-refractivity contribution in [3.05, 3.63) is 94.0 Å². The molecule has 5 nitrogen and oxygen atoms in total. The number of carbonyl (C=O) groups is 1. The number of sulfonamides is 1. The summed E-state index contributed by atoms with van der Waals surface area (Å²) in [5.74, 6) is -0.383. The third-order valence-corrected chi connectivity index (χ3v) is 7.98. The van der Waals surface area contributed by atoms with Gasteiger partial charge in [0.15, 0.2) is 0 Å². The summed E-state index contributed by atoms with van der Waals surface area (Å²) in [7, 11) is -3.94. The van der Waals surface area contributed by atoms with Gasteiger partial charge in [-0.1, -0.05) is 78.7 Å². The van der Waals surface area contributed by atoms with Gasteiger partial charge in [0.05, 0.1) is 16.6 Å². The topological polar surface area (TPSA) is 66.5 Å². The van der Waals surface area contributed by atoms with Gasteiger partial charge in [-0.25, -0.2) is 8.42 Å². The van der Waals surface area contributed by atoms with Gasteiger partial charge >= 0.3 is 0 Å². The molecule has 1 amide bonds. The van der Waals surface area contributed by atoms with Gasteiger partial charge in [-0.05, 0) is 66.8 Å². The van der Waals surface area contributed by atoms with Crippen LogP contribution in [0.4, 0.5) is 5.69 Å². The highest BCUT2D eigenvalue weighted by Gasteiger charge is 2.27. The Morgan fingerprint density at radius 1 is 0.941 bits per heavy atom. The molecule has 0 aliphatic rings. The first-order chi connectivity index (χ1) is 15.9. The van der Waals surface area contributed by atoms with Crippen LogP contribution in [0.5, 0.6) is 0 Å². The van der Waals surface area contributed by atoms with Crippen molar-refractivity contribution in [1.82, 2.24) is 5.32 Å². The van der Waals surface area contributed by atoms with Gasteiger partial charge in [-0.15, -0.1) is 0 Å². The molecule has 0 aromatic heterocycles. The predicted octanol–water partition coefficient (Wildman–Crippen LogP) is 6.13. The van der Waals surface area contributed by atoms with Crippen LogP contribution in [-0.2, 0) is 20.2 Å². The summed E-state index contributed by atoms with van der Waals surface area (Å²) in [6.45, 7) is 9.91. The Bertz CT molecular complexity index is 1230. The highest BCUT2D eigenvalue weighted by atomic mass is 79.9. The standard InChI is InChI=1S/C27H31BrN2O3S/c1-19-6-16-25(17-7-19)34(32,33)30(24-14-12-23(28)13-15-24)18-26(31)29-20(2)21-8-10-22(11-9-21)27(3,4)5/h6-17,20H,18H2,1-5H3,(H,29,31)/t20-/m0/s1. The highest BCUT2D eigenvalue weighted by Crippen LogP contribution is 2.26. The Morgan fingerprint density at radius 3 is 2.03 bits per heavy atom. The van der Waals surface area contributed by atoms with E-state index in [9.17, 15) is 13.2 Å². The van der Waals surface area contributed by atoms with Gasteiger partial charge < -0.3 is 5.32 Å². The van der Waals surface area contributed by atoms with E-state index in [0.29, 0.717) is 5.69 Å². The second-order valence-electron chi connectivity index (χ2n) is 9.46. The van der Waals surface area contributed by atoms with Crippen molar-refractivity contribution in [1.29, 1.82) is 0 Å². The van der Waals surface area contributed by atoms with Crippen molar-refractivity contribution in [2.24, 2.45) is 0 Å². The number of hydrogen-bond donors (Lipinski definition) is 1. The normalized spacial score (nSPS) is 12.8. The van der Waals surface area contributed by atoms with Crippen molar-refractivity contribution in [3.63, 3.8) is 0 Å². The number of hydrogen-bond acceptors (Lipinski definition) is 3. The maximum Gasteiger partial charge on any atom is 0.264 e. The molecule has 7 heteroatoms. The van der Waals surface area contributed by atoms with Gasteiger partial charge in [0, 0.05) is 4.47 Å². The molecule has 0 spiro atoms. The fourth-order valence-electron chi connectivity index (χ4n) is 3.53. The number of amides is 1. The Balaban J connectivity index is 1.84. The van der Waals surface area contributed by atoms with E-state index >= 15 is 0 Å². The molecule has 34 heavy (non-hydrogen) atoms. The SMILES string of the molecule is Cc1ccc(S(=O)(=O)N(CC(=O)N[C@@H](C)c2ccc(C(C)(C)C)cc2)c2ccc(Br)cc2)cc1. The minimum atomic E-state index is -3.94. The lowest BCUT2D eigenvalue weighted by Crippen LogP contribution is -2.41. The zero-order valence-electron chi connectivity index (χ0n) is 20.2. The second kappa shape index (κ2) is 10.3. The van der Waals surface area contributed by atoms with Crippen molar-refractivity contribution in [2.45, 2.75) is 51.0 Å². The number of anilines is 1. The van der Waals surface area contributed by atoms with Gasteiger partial charge in [-0.2, -0.15) is 0 Å². The van der Waals surface area contributed by atoms with E-state index in [-0.39, 0.29) is 28.8 Å². The molecule has 0 aliphatic carbocycles. The van der Waals surface area contributed by atoms with Gasteiger partial charge in [0.1, 0.15) is 6.54 Å². The Hall–Kier alpha value is -2.64. The molecule has 0 heterocycles. The lowest BCUT2D eigenvalue weighted by atomic mass is 9.86. The Labute approximate surface area is 211 Å². The lowest BCUT2D eigenvalue weighted by molar-refractivity contribution is -0.120. The fourth-order valence-corrected chi connectivity index (χ4v) is 5.22. The van der Waals surface area contributed by atoms with Crippen LogP contribution in [0, 0.1) is 6.92 Å². The molecular weight excluding hydrogens is 512 g/mol. The van der Waals surface area contributed by atoms with E-state index in [1.54, 1.807) is 48.5 Å². The van der Waals surface area contributed by atoms with Crippen molar-refractivity contribution in [3.8, 4) is 0 Å². The molecule has 0 unspecified atom stereocenters. The largest absolute Gasteiger partial charge is 0.348 e. The van der Waals surface area contributed by atoms with Gasteiger partial charge in [0.2, 0.25) is 5.91 Å². The molecule has 0 bridgehead atoms. The summed E-state index contributed by atoms with van der Waals surface area (Å²) in [5, 5.41) is 2.94. The minimum Gasteiger partial charge on any atom is -0.348 e. The van der Waals surface area contributed by atoms with E-state index in [4.69, 9.17) is 0 Å². The van der Waals surface area contributed by atoms with Crippen LogP contribution >= 0.6 is 15.9 Å². The summed E-state index contributed by atoms with van der Waals surface area (Å²) >= 11 is 3.38. The Morgan fingerprint density at radius 2 is 1.50 bits per heavy atom. The second-order valence-corrected chi connectivity index (χ2v) is 12.2. The first-order valence-corrected chi connectivity index (χ1v) is 13.4. The zero-order valence-corrected chi connectivity index (χ0v) is 22.6. The van der Waals surface area contributed by atoms with Crippen molar-refractivity contribution in [2.75, 3.05) is 10.8 Å². The first kappa shape index (κ1) is 26.0. The van der Waals surface area contributed by atoms with E-state index in [1.165, 1.54) is 5.56 Å². The quantitative estimate of drug-likeness (QED) is 0.390. The molecule has 0 fully saturated rings. The van der Waals surface area contributed by atoms with Gasteiger partial charge in [-0.3, -0.25) is 9.10 Å². The van der Waals surface area contributed by atoms with Crippen molar-refractivity contribution < 1.29 is 13.2 Å². The molecule has 3 aromatic carbocycles. The van der Waals surface area contributed by atoms with Crippen LogP contribution in [0.2, 0.25) is 0 Å². The Kier molecular flexibility index (Phi) is 7.88. The van der Waals surface area contributed by atoms with Crippen LogP contribution < -0.4 is 9.62 Å². The third-order valence-electron chi connectivity index (χ3n) is 5.67. The number of carbonyl (C=O) groups excluding carboxylic acids is 1. The summed E-state index contributed by atoms with van der Waals surface area (Å²) in [5.41, 5.74) is 3.58. The first-order valence-electron chi connectivity index (χ1n) is 11.1. The van der Waals surface area contributed by atoms with Crippen LogP contribution in [0.15, 0.2) is 82.2 Å². The average molecular weight is 544 g/mol. The number of nitrogens with one attached hydrogen (secondary N) is 1. The molecule has 1 N–H and O–H groups in total. The van der Waals surface area contributed by atoms with Crippen molar-refractivity contribution >= 4 is 37.5 Å².